The van der Waals surface area contributed by atoms with Gasteiger partial charge in [0.1, 0.15) is 17.3 Å². The highest BCUT2D eigenvalue weighted by Gasteiger charge is 2.23. The second-order valence-corrected chi connectivity index (χ2v) is 7.01. The number of hydrogen-bond donors (Lipinski definition) is 2. The van der Waals surface area contributed by atoms with E-state index in [1.165, 1.54) is 0 Å². The molecule has 4 rings (SSSR count). The van der Waals surface area contributed by atoms with Crippen molar-refractivity contribution in [3.05, 3.63) is 57.8 Å². The molecule has 0 unspecified atom stereocenters. The van der Waals surface area contributed by atoms with Gasteiger partial charge >= 0.3 is 0 Å². The standard InChI is InChI=1S/C19H17BrN4O/c1-11-4-3-5-12(2)17(11)23-19-18(22-16-8-9-21-24(16)19)14-10-13(20)6-7-15(14)25/h3-7,9-10,23,25H,8H2,1-2H3. The second kappa shape index (κ2) is 6.04. The molecule has 0 amide bonds. The zero-order valence-electron chi connectivity index (χ0n) is 13.9. The summed E-state index contributed by atoms with van der Waals surface area (Å²) in [5, 5.41) is 18.3. The predicted molar refractivity (Wildman–Crippen MR) is 104 cm³/mol. The number of aromatic hydroxyl groups is 1. The van der Waals surface area contributed by atoms with E-state index in [4.69, 9.17) is 4.98 Å². The number of aromatic nitrogens is 2. The van der Waals surface area contributed by atoms with Gasteiger partial charge in [-0.1, -0.05) is 34.1 Å². The molecule has 0 bridgehead atoms. The molecule has 25 heavy (non-hydrogen) atoms. The molecule has 1 aliphatic rings. The lowest BCUT2D eigenvalue weighted by Gasteiger charge is -2.14. The number of aryl methyl sites for hydroxylation is 2. The molecule has 126 valence electrons. The Labute approximate surface area is 154 Å². The quantitative estimate of drug-likeness (QED) is 0.670. The summed E-state index contributed by atoms with van der Waals surface area (Å²) in [5.41, 5.74) is 4.67. The van der Waals surface area contributed by atoms with Crippen LogP contribution in [-0.2, 0) is 6.42 Å². The van der Waals surface area contributed by atoms with Crippen molar-refractivity contribution in [3.8, 4) is 17.0 Å². The Hall–Kier alpha value is -2.60. The molecular weight excluding hydrogens is 380 g/mol. The van der Waals surface area contributed by atoms with Gasteiger partial charge in [-0.05, 0) is 43.2 Å². The first-order valence-corrected chi connectivity index (χ1v) is 8.80. The third-order valence-corrected chi connectivity index (χ3v) is 4.82. The van der Waals surface area contributed by atoms with Gasteiger partial charge in [-0.25, -0.2) is 9.66 Å². The molecule has 0 saturated heterocycles. The van der Waals surface area contributed by atoms with Crippen LogP contribution in [0.25, 0.3) is 11.3 Å². The van der Waals surface area contributed by atoms with E-state index >= 15 is 0 Å². The van der Waals surface area contributed by atoms with Crippen molar-refractivity contribution < 1.29 is 5.11 Å². The molecule has 0 spiro atoms. The maximum Gasteiger partial charge on any atom is 0.160 e. The van der Waals surface area contributed by atoms with Crippen LogP contribution in [0.1, 0.15) is 17.0 Å². The van der Waals surface area contributed by atoms with Gasteiger partial charge in [0.25, 0.3) is 0 Å². The first kappa shape index (κ1) is 15.9. The lowest BCUT2D eigenvalue weighted by atomic mass is 10.1. The summed E-state index contributed by atoms with van der Waals surface area (Å²) in [6.07, 6.45) is 2.51. The van der Waals surface area contributed by atoms with E-state index in [1.807, 2.05) is 23.0 Å². The van der Waals surface area contributed by atoms with Gasteiger partial charge in [-0.2, -0.15) is 5.10 Å². The molecule has 3 aromatic rings. The van der Waals surface area contributed by atoms with Gasteiger partial charge in [-0.3, -0.25) is 0 Å². The normalized spacial score (nSPS) is 12.4. The van der Waals surface area contributed by atoms with Crippen LogP contribution in [-0.4, -0.2) is 21.0 Å². The van der Waals surface area contributed by atoms with Crippen molar-refractivity contribution >= 4 is 33.6 Å². The van der Waals surface area contributed by atoms with E-state index in [0.717, 1.165) is 32.9 Å². The highest BCUT2D eigenvalue weighted by Crippen LogP contribution is 2.39. The Morgan fingerprint density at radius 3 is 2.68 bits per heavy atom. The van der Waals surface area contributed by atoms with E-state index in [2.05, 4.69) is 52.3 Å². The minimum Gasteiger partial charge on any atom is -0.507 e. The van der Waals surface area contributed by atoms with Gasteiger partial charge in [-0.15, -0.1) is 0 Å². The van der Waals surface area contributed by atoms with Gasteiger partial charge in [0.15, 0.2) is 5.82 Å². The molecule has 1 aromatic heterocycles. The van der Waals surface area contributed by atoms with Crippen LogP contribution in [0, 0.1) is 13.8 Å². The molecule has 0 saturated carbocycles. The summed E-state index contributed by atoms with van der Waals surface area (Å²) in [5.74, 6) is 1.80. The molecule has 1 aliphatic heterocycles. The molecule has 0 atom stereocenters. The van der Waals surface area contributed by atoms with Crippen LogP contribution in [0.15, 0.2) is 46.0 Å². The number of phenolic OH excluding ortho intramolecular Hbond substituents is 1. The van der Waals surface area contributed by atoms with Crippen LogP contribution < -0.4 is 5.32 Å². The predicted octanol–water partition coefficient (Wildman–Crippen LogP) is 4.77. The SMILES string of the molecule is Cc1cccc(C)c1Nc1c(-c2cc(Br)ccc2O)nc2n1N=CC2. The average molecular weight is 397 g/mol. The highest BCUT2D eigenvalue weighted by atomic mass is 79.9. The topological polar surface area (TPSA) is 62.4 Å². The molecule has 2 N–H and O–H groups in total. The zero-order valence-corrected chi connectivity index (χ0v) is 15.5. The Bertz CT molecular complexity index is 987. The highest BCUT2D eigenvalue weighted by molar-refractivity contribution is 9.10. The Morgan fingerprint density at radius 2 is 1.92 bits per heavy atom. The van der Waals surface area contributed by atoms with E-state index in [0.29, 0.717) is 17.7 Å². The van der Waals surface area contributed by atoms with E-state index < -0.39 is 0 Å². The molecule has 2 aromatic carbocycles. The number of imidazole rings is 1. The molecule has 0 aliphatic carbocycles. The Morgan fingerprint density at radius 1 is 1.16 bits per heavy atom. The lowest BCUT2D eigenvalue weighted by Crippen LogP contribution is -2.02. The number of anilines is 2. The summed E-state index contributed by atoms with van der Waals surface area (Å²) in [4.78, 5) is 4.71. The fourth-order valence-electron chi connectivity index (χ4n) is 3.05. The van der Waals surface area contributed by atoms with Crippen LogP contribution in [0.5, 0.6) is 5.75 Å². The monoisotopic (exact) mass is 396 g/mol. The zero-order chi connectivity index (χ0) is 17.6. The third-order valence-electron chi connectivity index (χ3n) is 4.33. The average Bonchev–Trinajstić information content (AvgIpc) is 3.15. The number of phenols is 1. The van der Waals surface area contributed by atoms with Crippen molar-refractivity contribution in [1.29, 1.82) is 0 Å². The maximum atomic E-state index is 10.3. The van der Waals surface area contributed by atoms with E-state index in [1.54, 1.807) is 12.1 Å². The molecule has 6 heteroatoms. The fourth-order valence-corrected chi connectivity index (χ4v) is 3.41. The number of rotatable bonds is 3. The van der Waals surface area contributed by atoms with Gasteiger partial charge < -0.3 is 10.4 Å². The van der Waals surface area contributed by atoms with Gasteiger partial charge in [0.2, 0.25) is 0 Å². The van der Waals surface area contributed by atoms with Crippen LogP contribution in [0.2, 0.25) is 0 Å². The minimum atomic E-state index is 0.188. The van der Waals surface area contributed by atoms with Crippen molar-refractivity contribution in [2.45, 2.75) is 20.3 Å². The summed E-state index contributed by atoms with van der Waals surface area (Å²) >= 11 is 3.47. The Kier molecular flexibility index (Phi) is 3.84. The first-order chi connectivity index (χ1) is 12.0. The Balaban J connectivity index is 1.90. The molecule has 2 heterocycles. The summed E-state index contributed by atoms with van der Waals surface area (Å²) in [6.45, 7) is 4.13. The molecular formula is C19H17BrN4O. The largest absolute Gasteiger partial charge is 0.507 e. The van der Waals surface area contributed by atoms with Gasteiger partial charge in [0, 0.05) is 28.4 Å². The number of nitrogens with one attached hydrogen (secondary N) is 1. The molecule has 0 fully saturated rings. The van der Waals surface area contributed by atoms with Crippen molar-refractivity contribution in [2.75, 3.05) is 5.32 Å². The summed E-state index contributed by atoms with van der Waals surface area (Å²) < 4.78 is 2.69. The third kappa shape index (κ3) is 2.72. The number of hydrogen-bond acceptors (Lipinski definition) is 4. The number of para-hydroxylation sites is 1. The first-order valence-electron chi connectivity index (χ1n) is 8.01. The number of fused-ring (bicyclic) bond motifs is 1. The number of halogens is 1. The van der Waals surface area contributed by atoms with Crippen molar-refractivity contribution in [3.63, 3.8) is 0 Å². The van der Waals surface area contributed by atoms with Crippen LogP contribution >= 0.6 is 15.9 Å². The second-order valence-electron chi connectivity index (χ2n) is 6.09. The maximum absolute atomic E-state index is 10.3. The molecule has 0 radical (unpaired) electrons. The smallest absolute Gasteiger partial charge is 0.160 e. The minimum absolute atomic E-state index is 0.188. The lowest BCUT2D eigenvalue weighted by molar-refractivity contribution is 0.477. The van der Waals surface area contributed by atoms with Gasteiger partial charge in [0.05, 0.1) is 0 Å². The molecule has 5 nitrogen and oxygen atoms in total. The van der Waals surface area contributed by atoms with Crippen molar-refractivity contribution in [1.82, 2.24) is 9.66 Å². The number of benzene rings is 2. The summed E-state index contributed by atoms with van der Waals surface area (Å²) in [7, 11) is 0. The van der Waals surface area contributed by atoms with Crippen LogP contribution in [0.3, 0.4) is 0 Å². The van der Waals surface area contributed by atoms with Crippen molar-refractivity contribution in [2.24, 2.45) is 5.10 Å². The van der Waals surface area contributed by atoms with E-state index in [9.17, 15) is 5.11 Å². The van der Waals surface area contributed by atoms with Crippen LogP contribution in [0.4, 0.5) is 11.5 Å². The summed E-state index contributed by atoms with van der Waals surface area (Å²) in [6, 6.07) is 11.5. The fraction of sp³-hybridized carbons (Fsp3) is 0.158. The number of nitrogens with zero attached hydrogens (tertiary/aromatic N) is 3. The van der Waals surface area contributed by atoms with E-state index in [-0.39, 0.29) is 5.75 Å².